The summed E-state index contributed by atoms with van der Waals surface area (Å²) in [7, 11) is 0. The maximum Gasteiger partial charge on any atom is 0.333 e. The number of carbonyl (C=O) groups is 2. The van der Waals surface area contributed by atoms with Crippen molar-refractivity contribution in [2.45, 2.75) is 20.5 Å². The maximum absolute atomic E-state index is 11.7. The highest BCUT2D eigenvalue weighted by molar-refractivity contribution is 6.67. The van der Waals surface area contributed by atoms with E-state index in [1.165, 1.54) is 0 Å². The first kappa shape index (κ1) is 13.6. The van der Waals surface area contributed by atoms with E-state index in [1.54, 1.807) is 0 Å². The second kappa shape index (κ2) is 3.26. The van der Waals surface area contributed by atoms with Crippen LogP contribution in [0.15, 0.2) is 10.1 Å². The average Bonchev–Trinajstić information content (AvgIpc) is 2.50. The zero-order valence-electron chi connectivity index (χ0n) is 8.20. The molecule has 3 rings (SSSR count). The molecule has 0 radical (unpaired) electrons. The summed E-state index contributed by atoms with van der Waals surface area (Å²) in [6.45, 7) is 0. The van der Waals surface area contributed by atoms with E-state index in [9.17, 15) is 9.59 Å². The molecule has 2 unspecified atom stereocenters. The average molecular weight is 371 g/mol. The third-order valence-corrected chi connectivity index (χ3v) is 8.03. The molecular weight excluding hydrogens is 369 g/mol. The predicted octanol–water partition coefficient (Wildman–Crippen LogP) is 3.29. The molecule has 18 heavy (non-hydrogen) atoms. The molecule has 0 aromatic rings. The van der Waals surface area contributed by atoms with Gasteiger partial charge in [-0.1, -0.05) is 46.4 Å². The van der Waals surface area contributed by atoms with E-state index in [1.807, 2.05) is 0 Å². The van der Waals surface area contributed by atoms with E-state index in [4.69, 9.17) is 69.6 Å². The highest BCUT2D eigenvalue weighted by Crippen LogP contribution is 2.79. The number of rotatable bonds is 0. The van der Waals surface area contributed by atoms with Crippen molar-refractivity contribution >= 4 is 81.5 Å². The lowest BCUT2D eigenvalue weighted by Crippen LogP contribution is -2.65. The van der Waals surface area contributed by atoms with Gasteiger partial charge in [-0.3, -0.25) is 9.59 Å². The summed E-state index contributed by atoms with van der Waals surface area (Å²) >= 11 is 36.9. The van der Waals surface area contributed by atoms with Gasteiger partial charge >= 0.3 is 11.9 Å². The van der Waals surface area contributed by atoms with Crippen LogP contribution in [0.1, 0.15) is 6.42 Å². The summed E-state index contributed by atoms with van der Waals surface area (Å²) in [4.78, 5) is 19.9. The number of hydrogen-bond acceptors (Lipinski definition) is 3. The molecule has 1 heterocycles. The van der Waals surface area contributed by atoms with Crippen molar-refractivity contribution in [1.29, 1.82) is 0 Å². The second-order valence-corrected chi connectivity index (χ2v) is 7.72. The summed E-state index contributed by atoms with van der Waals surface area (Å²) in [6.07, 6.45) is -0.245. The normalized spacial score (nSPS) is 43.4. The third kappa shape index (κ3) is 0.942. The lowest BCUT2D eigenvalue weighted by atomic mass is 9.71. The number of fused-ring (bicyclic) bond motifs is 3. The molecule has 3 nitrogen and oxygen atoms in total. The molecule has 98 valence electrons. The van der Waals surface area contributed by atoms with Crippen molar-refractivity contribution in [2.24, 2.45) is 5.41 Å². The Balaban J connectivity index is 2.36. The molecule has 0 aromatic carbocycles. The van der Waals surface area contributed by atoms with Gasteiger partial charge in [0.25, 0.3) is 0 Å². The summed E-state index contributed by atoms with van der Waals surface area (Å²) in [5.74, 6) is -1.70. The van der Waals surface area contributed by atoms with E-state index < -0.39 is 31.4 Å². The van der Waals surface area contributed by atoms with Crippen molar-refractivity contribution in [3.05, 3.63) is 10.1 Å². The van der Waals surface area contributed by atoms with Crippen molar-refractivity contribution in [2.75, 3.05) is 0 Å². The highest BCUT2D eigenvalue weighted by atomic mass is 35.5. The van der Waals surface area contributed by atoms with Gasteiger partial charge < -0.3 is 4.74 Å². The summed E-state index contributed by atoms with van der Waals surface area (Å²) in [5.41, 5.74) is -1.77. The summed E-state index contributed by atoms with van der Waals surface area (Å²) in [5, 5.41) is -0.244. The molecule has 1 spiro atoms. The van der Waals surface area contributed by atoms with Crippen LogP contribution in [0, 0.1) is 5.41 Å². The Hall–Kier alpha value is 0.620. The molecule has 0 aromatic heterocycles. The van der Waals surface area contributed by atoms with E-state index >= 15 is 0 Å². The lowest BCUT2D eigenvalue weighted by Gasteiger charge is -2.44. The number of allylic oxidation sites excluding steroid dienone is 2. The maximum atomic E-state index is 11.7. The van der Waals surface area contributed by atoms with Crippen LogP contribution in [0.3, 0.4) is 0 Å². The second-order valence-electron chi connectivity index (χ2n) is 4.42. The fraction of sp³-hybridized carbons (Fsp3) is 0.556. The minimum Gasteiger partial charge on any atom is -0.391 e. The Bertz CT molecular complexity index is 541. The first-order valence-electron chi connectivity index (χ1n) is 4.66. The predicted molar refractivity (Wildman–Crippen MR) is 68.5 cm³/mol. The Morgan fingerprint density at radius 1 is 0.944 bits per heavy atom. The van der Waals surface area contributed by atoms with Crippen LogP contribution in [-0.2, 0) is 14.3 Å². The van der Waals surface area contributed by atoms with Crippen LogP contribution >= 0.6 is 69.6 Å². The van der Waals surface area contributed by atoms with Crippen molar-refractivity contribution < 1.29 is 14.3 Å². The third-order valence-electron chi connectivity index (χ3n) is 3.75. The van der Waals surface area contributed by atoms with Crippen LogP contribution in [0.2, 0.25) is 0 Å². The van der Waals surface area contributed by atoms with Gasteiger partial charge in [0.15, 0.2) is 9.75 Å². The van der Waals surface area contributed by atoms with Crippen LogP contribution < -0.4 is 0 Å². The molecule has 2 bridgehead atoms. The molecular formula is C9H2Cl6O3. The molecule has 2 atom stereocenters. The van der Waals surface area contributed by atoms with Gasteiger partial charge in [-0.25, -0.2) is 0 Å². The lowest BCUT2D eigenvalue weighted by molar-refractivity contribution is -0.198. The quantitative estimate of drug-likeness (QED) is 0.373. The monoisotopic (exact) mass is 368 g/mol. The Labute approximate surface area is 131 Å². The number of carbonyl (C=O) groups excluding carboxylic acids is 2. The minimum absolute atomic E-state index is 0.0519. The van der Waals surface area contributed by atoms with E-state index in [0.717, 1.165) is 0 Å². The Morgan fingerprint density at radius 2 is 1.44 bits per heavy atom. The van der Waals surface area contributed by atoms with Gasteiger partial charge in [-0.05, 0) is 0 Å². The number of alkyl halides is 4. The Morgan fingerprint density at radius 3 is 1.78 bits per heavy atom. The largest absolute Gasteiger partial charge is 0.391 e. The van der Waals surface area contributed by atoms with Crippen LogP contribution in [0.4, 0.5) is 0 Å². The van der Waals surface area contributed by atoms with Crippen molar-refractivity contribution in [1.82, 2.24) is 0 Å². The van der Waals surface area contributed by atoms with Crippen LogP contribution in [0.25, 0.3) is 0 Å². The van der Waals surface area contributed by atoms with Crippen molar-refractivity contribution in [3.8, 4) is 0 Å². The zero-order chi connectivity index (χ0) is 13.7. The molecule has 2 aliphatic carbocycles. The van der Waals surface area contributed by atoms with Gasteiger partial charge in [0.1, 0.15) is 9.75 Å². The first-order valence-corrected chi connectivity index (χ1v) is 6.93. The highest BCUT2D eigenvalue weighted by Gasteiger charge is 2.91. The molecule has 9 heteroatoms. The molecule has 2 fully saturated rings. The molecule has 1 aliphatic heterocycles. The van der Waals surface area contributed by atoms with E-state index in [0.29, 0.717) is 0 Å². The first-order chi connectivity index (χ1) is 8.07. The zero-order valence-corrected chi connectivity index (χ0v) is 12.7. The van der Waals surface area contributed by atoms with Gasteiger partial charge in [-0.15, -0.1) is 23.2 Å². The van der Waals surface area contributed by atoms with Gasteiger partial charge in [0.05, 0.1) is 10.1 Å². The summed E-state index contributed by atoms with van der Waals surface area (Å²) in [6, 6.07) is 0. The summed E-state index contributed by atoms with van der Waals surface area (Å²) < 4.78 is 2.46. The number of hydrogen-bond donors (Lipinski definition) is 0. The molecule has 3 aliphatic rings. The topological polar surface area (TPSA) is 43.4 Å². The molecule has 0 amide bonds. The Kier molecular flexibility index (Phi) is 2.46. The van der Waals surface area contributed by atoms with Crippen LogP contribution in [0.5, 0.6) is 0 Å². The fourth-order valence-electron chi connectivity index (χ4n) is 2.73. The van der Waals surface area contributed by atoms with E-state index in [2.05, 4.69) is 4.74 Å². The SMILES string of the molecule is O=C1OC(=O)C12CC1(Cl)C(Cl)=C(Cl)C2(Cl)C1(Cl)Cl. The van der Waals surface area contributed by atoms with Gasteiger partial charge in [0, 0.05) is 6.42 Å². The number of esters is 2. The number of halogens is 6. The fourth-order valence-corrected chi connectivity index (χ4v) is 5.63. The van der Waals surface area contributed by atoms with E-state index in [-0.39, 0.29) is 16.5 Å². The smallest absolute Gasteiger partial charge is 0.333 e. The minimum atomic E-state index is -1.91. The molecule has 1 saturated heterocycles. The van der Waals surface area contributed by atoms with Gasteiger partial charge in [0.2, 0.25) is 0 Å². The van der Waals surface area contributed by atoms with Crippen molar-refractivity contribution in [3.63, 3.8) is 0 Å². The molecule has 1 saturated carbocycles. The van der Waals surface area contributed by atoms with Crippen LogP contribution in [-0.4, -0.2) is 26.0 Å². The number of cyclic esters (lactones) is 2. The van der Waals surface area contributed by atoms with Gasteiger partial charge in [-0.2, -0.15) is 0 Å². The molecule has 0 N–H and O–H groups in total. The number of ether oxygens (including phenoxy) is 1. The standard InChI is InChI=1S/C9H2Cl6O3/c10-2-3(11)8(13)6(4(16)18-5(6)17)1-7(2,12)9(8,14)15/h1H2.